The summed E-state index contributed by atoms with van der Waals surface area (Å²) in [6.45, 7) is 14.3. The molecule has 0 bridgehead atoms. The average Bonchev–Trinajstić information content (AvgIpc) is 2.11. The zero-order chi connectivity index (χ0) is 12.7. The molecule has 0 aromatic rings. The van der Waals surface area contributed by atoms with E-state index < -0.39 is 8.07 Å². The van der Waals surface area contributed by atoms with Gasteiger partial charge in [-0.25, -0.2) is 0 Å². The van der Waals surface area contributed by atoms with E-state index in [1.165, 1.54) is 31.4 Å². The summed E-state index contributed by atoms with van der Waals surface area (Å²) < 4.78 is 0. The van der Waals surface area contributed by atoms with Gasteiger partial charge in [0.2, 0.25) is 0 Å². The molecule has 0 rings (SSSR count). The average molecular weight is 255 g/mol. The zero-order valence-electron chi connectivity index (χ0n) is 12.2. The lowest BCUT2D eigenvalue weighted by atomic mass is 10.3. The molecule has 0 spiro atoms. The van der Waals surface area contributed by atoms with Gasteiger partial charge in [-0.3, -0.25) is 0 Å². The van der Waals surface area contributed by atoms with Gasteiger partial charge in [0.15, 0.2) is 0 Å². The highest BCUT2D eigenvalue weighted by Gasteiger charge is 2.17. The van der Waals surface area contributed by atoms with Gasteiger partial charge in [-0.1, -0.05) is 72.2 Å². The van der Waals surface area contributed by atoms with Gasteiger partial charge in [-0.2, -0.15) is 0 Å². The van der Waals surface area contributed by atoms with Crippen LogP contribution >= 0.6 is 0 Å². The maximum absolute atomic E-state index is 2.53. The highest BCUT2D eigenvalue weighted by Crippen LogP contribution is 2.22. The third-order valence-electron chi connectivity index (χ3n) is 2.76. The fraction of sp³-hybridized carbons (Fsp3) is 0.857. The van der Waals surface area contributed by atoms with Crippen LogP contribution < -0.4 is 0 Å². The zero-order valence-corrected chi connectivity index (χ0v) is 14.2. The highest BCUT2D eigenvalue weighted by molar-refractivity contribution is 6.77. The molecule has 0 aromatic heterocycles. The van der Waals surface area contributed by atoms with E-state index in [0.29, 0.717) is 5.04 Å². The molecule has 0 saturated carbocycles. The van der Waals surface area contributed by atoms with Crippen molar-refractivity contribution in [1.82, 2.24) is 0 Å². The minimum Gasteiger partial charge on any atom is -0.102 e. The van der Waals surface area contributed by atoms with Crippen LogP contribution in [0.25, 0.3) is 0 Å². The fourth-order valence-electron chi connectivity index (χ4n) is 1.64. The highest BCUT2D eigenvalue weighted by atomic mass is 28.3. The van der Waals surface area contributed by atoms with Crippen LogP contribution in [0.15, 0.2) is 11.8 Å². The number of unbranched alkanes of at least 4 members (excludes halogenated alkanes) is 2. The molecule has 0 aromatic carbocycles. The normalized spacial score (nSPS) is 13.6. The Labute approximate surface area is 107 Å². The summed E-state index contributed by atoms with van der Waals surface area (Å²) in [6, 6.07) is 2.88. The minimum absolute atomic E-state index is 0.477. The van der Waals surface area contributed by atoms with Gasteiger partial charge in [0.05, 0.1) is 17.6 Å². The second-order valence-corrected chi connectivity index (χ2v) is 14.0. The quantitative estimate of drug-likeness (QED) is 0.426. The molecule has 2 radical (unpaired) electrons. The third-order valence-corrected chi connectivity index (χ3v) is 7.08. The van der Waals surface area contributed by atoms with E-state index in [1.807, 2.05) is 0 Å². The second-order valence-electron chi connectivity index (χ2n) is 6.62. The predicted molar refractivity (Wildman–Crippen MR) is 81.2 cm³/mol. The Bertz CT molecular complexity index is 199. The Kier molecular flexibility index (Phi) is 7.57. The first kappa shape index (κ1) is 16.2. The van der Waals surface area contributed by atoms with Crippen LogP contribution in [0.1, 0.15) is 47.0 Å². The molecule has 0 aliphatic rings. The lowest BCUT2D eigenvalue weighted by Gasteiger charge is -2.20. The number of rotatable bonds is 7. The molecule has 0 amide bonds. The Morgan fingerprint density at radius 1 is 1.12 bits per heavy atom. The SMILES string of the molecule is CCCCC[Si](C)(C)C/C=C\[Si]C(C)(C)C. The van der Waals surface area contributed by atoms with Crippen molar-refractivity contribution in [2.45, 2.75) is 77.2 Å². The van der Waals surface area contributed by atoms with E-state index in [9.17, 15) is 0 Å². The van der Waals surface area contributed by atoms with Gasteiger partial charge in [0, 0.05) is 0 Å². The third kappa shape index (κ3) is 10.7. The van der Waals surface area contributed by atoms with Crippen LogP contribution in [-0.4, -0.2) is 17.6 Å². The summed E-state index contributed by atoms with van der Waals surface area (Å²) in [6.07, 6.45) is 6.68. The van der Waals surface area contributed by atoms with Crippen LogP contribution in [-0.2, 0) is 0 Å². The monoisotopic (exact) mass is 254 g/mol. The number of allylic oxidation sites excluding steroid dienone is 1. The molecule has 0 atom stereocenters. The first-order valence-corrected chi connectivity index (χ1v) is 11.2. The van der Waals surface area contributed by atoms with Crippen LogP contribution in [0.2, 0.25) is 30.2 Å². The Morgan fingerprint density at radius 2 is 1.75 bits per heavy atom. The van der Waals surface area contributed by atoms with Crippen molar-refractivity contribution in [3.8, 4) is 0 Å². The van der Waals surface area contributed by atoms with Crippen molar-refractivity contribution in [2.75, 3.05) is 0 Å². The van der Waals surface area contributed by atoms with Gasteiger partial charge < -0.3 is 0 Å². The van der Waals surface area contributed by atoms with Gasteiger partial charge >= 0.3 is 0 Å². The van der Waals surface area contributed by atoms with Gasteiger partial charge in [-0.15, -0.1) is 5.70 Å². The molecular weight excluding hydrogens is 224 g/mol. The van der Waals surface area contributed by atoms with Crippen molar-refractivity contribution in [1.29, 1.82) is 0 Å². The molecule has 0 heterocycles. The summed E-state index contributed by atoms with van der Waals surface area (Å²) in [5.41, 5.74) is 2.43. The fourth-order valence-corrected chi connectivity index (χ4v) is 4.78. The first-order valence-electron chi connectivity index (χ1n) is 6.69. The van der Waals surface area contributed by atoms with Gasteiger partial charge in [0.25, 0.3) is 0 Å². The summed E-state index contributed by atoms with van der Waals surface area (Å²) >= 11 is 0. The Balaban J connectivity index is 3.80. The van der Waals surface area contributed by atoms with E-state index in [1.54, 1.807) is 0 Å². The molecule has 2 heteroatoms. The first-order chi connectivity index (χ1) is 7.27. The van der Waals surface area contributed by atoms with Gasteiger partial charge in [-0.05, 0) is 11.1 Å². The van der Waals surface area contributed by atoms with E-state index in [4.69, 9.17) is 0 Å². The molecule has 0 aliphatic heterocycles. The maximum atomic E-state index is 2.53. The topological polar surface area (TPSA) is 0 Å². The lowest BCUT2D eigenvalue weighted by Crippen LogP contribution is -2.23. The van der Waals surface area contributed by atoms with E-state index in [2.05, 4.69) is 52.6 Å². The summed E-state index contributed by atoms with van der Waals surface area (Å²) in [5.74, 6) is 0. The summed E-state index contributed by atoms with van der Waals surface area (Å²) in [7, 11) is 0.0523. The minimum atomic E-state index is -0.919. The maximum Gasteiger partial charge on any atom is 0.0759 e. The Morgan fingerprint density at radius 3 is 2.25 bits per heavy atom. The smallest absolute Gasteiger partial charge is 0.0759 e. The van der Waals surface area contributed by atoms with E-state index in [0.717, 1.165) is 9.52 Å². The summed E-state index contributed by atoms with van der Waals surface area (Å²) in [4.78, 5) is 0. The Hall–Kier alpha value is 0.174. The number of hydrogen-bond acceptors (Lipinski definition) is 0. The molecule has 0 fully saturated rings. The largest absolute Gasteiger partial charge is 0.102 e. The van der Waals surface area contributed by atoms with Gasteiger partial charge in [0.1, 0.15) is 0 Å². The standard InChI is InChI=1S/C14H30Si2/c1-7-8-9-12-16(5,6)13-10-11-15-14(2,3)4/h10-11H,7-9,12-13H2,1-6H3/b11-10-. The molecular formula is C14H30Si2. The predicted octanol–water partition coefficient (Wildman–Crippen LogP) is 5.32. The molecule has 94 valence electrons. The van der Waals surface area contributed by atoms with Crippen LogP contribution in [0.4, 0.5) is 0 Å². The number of hydrogen-bond donors (Lipinski definition) is 0. The van der Waals surface area contributed by atoms with E-state index >= 15 is 0 Å². The molecule has 0 saturated heterocycles. The van der Waals surface area contributed by atoms with Crippen LogP contribution in [0.5, 0.6) is 0 Å². The van der Waals surface area contributed by atoms with Crippen LogP contribution in [0.3, 0.4) is 0 Å². The van der Waals surface area contributed by atoms with Crippen molar-refractivity contribution >= 4 is 17.6 Å². The van der Waals surface area contributed by atoms with Crippen molar-refractivity contribution in [3.63, 3.8) is 0 Å². The van der Waals surface area contributed by atoms with Crippen molar-refractivity contribution < 1.29 is 0 Å². The lowest BCUT2D eigenvalue weighted by molar-refractivity contribution is 0.758. The molecule has 0 aliphatic carbocycles. The van der Waals surface area contributed by atoms with Crippen molar-refractivity contribution in [3.05, 3.63) is 11.8 Å². The molecule has 0 N–H and O–H groups in total. The summed E-state index contributed by atoms with van der Waals surface area (Å²) in [5, 5.41) is 0.477. The van der Waals surface area contributed by atoms with Crippen LogP contribution in [0, 0.1) is 0 Å². The second kappa shape index (κ2) is 7.49. The molecule has 16 heavy (non-hydrogen) atoms. The van der Waals surface area contributed by atoms with Crippen molar-refractivity contribution in [2.24, 2.45) is 0 Å². The molecule has 0 nitrogen and oxygen atoms in total. The van der Waals surface area contributed by atoms with E-state index in [-0.39, 0.29) is 0 Å². The molecule has 0 unspecified atom stereocenters.